The van der Waals surface area contributed by atoms with E-state index >= 15 is 0 Å². The third-order valence-corrected chi connectivity index (χ3v) is 9.52. The van der Waals surface area contributed by atoms with Crippen molar-refractivity contribution in [1.82, 2.24) is 0 Å². The van der Waals surface area contributed by atoms with Gasteiger partial charge >= 0.3 is 25.8 Å². The number of hydrogen-bond acceptors (Lipinski definition) is 0. The first-order valence-corrected chi connectivity index (χ1v) is 13.6. The fourth-order valence-electron chi connectivity index (χ4n) is 6.17. The maximum Gasteiger partial charge on any atom is 4.00 e. The van der Waals surface area contributed by atoms with Gasteiger partial charge in [-0.3, -0.25) is 0 Å². The first-order chi connectivity index (χ1) is 16.7. The second kappa shape index (κ2) is 14.1. The molecule has 38 heavy (non-hydrogen) atoms. The van der Waals surface area contributed by atoms with Crippen molar-refractivity contribution in [2.75, 3.05) is 0 Å². The zero-order valence-electron chi connectivity index (χ0n) is 25.8. The third kappa shape index (κ3) is 6.70. The molecule has 0 radical (unpaired) electrons. The molecule has 1 heteroatoms. The topological polar surface area (TPSA) is 0 Å². The smallest absolute Gasteiger partial charge is 0.358 e. The molecule has 0 aromatic heterocycles. The van der Waals surface area contributed by atoms with Gasteiger partial charge in [-0.25, -0.2) is 0 Å². The molecule has 0 saturated heterocycles. The van der Waals surface area contributed by atoms with Gasteiger partial charge < -0.3 is 14.9 Å². The van der Waals surface area contributed by atoms with Crippen LogP contribution in [-0.4, -0.2) is 0 Å². The first kappa shape index (κ1) is 34.3. The molecule has 0 bridgehead atoms. The molecular weight excluding hydrogens is 623 g/mol. The van der Waals surface area contributed by atoms with E-state index in [4.69, 9.17) is 0 Å². The van der Waals surface area contributed by atoms with Gasteiger partial charge in [0.1, 0.15) is 0 Å². The summed E-state index contributed by atoms with van der Waals surface area (Å²) in [5.74, 6) is 0.561. The Hall–Kier alpha value is -1.73. The van der Waals surface area contributed by atoms with Crippen LogP contribution in [0.4, 0.5) is 0 Å². The van der Waals surface area contributed by atoms with Crippen LogP contribution < -0.4 is 0 Å². The van der Waals surface area contributed by atoms with Crippen LogP contribution in [0.25, 0.3) is 10.8 Å². The van der Waals surface area contributed by atoms with E-state index in [9.17, 15) is 0 Å². The number of hydrogen-bond donors (Lipinski definition) is 0. The molecule has 4 aromatic carbocycles. The summed E-state index contributed by atoms with van der Waals surface area (Å²) >= 11 is 0. The molecule has 4 aromatic rings. The molecule has 0 N–H and O–H groups in total. The first-order valence-electron chi connectivity index (χ1n) is 13.6. The van der Waals surface area contributed by atoms with Crippen molar-refractivity contribution in [3.8, 4) is 0 Å². The molecule has 0 amide bonds. The zero-order chi connectivity index (χ0) is 25.3. The second-order valence-corrected chi connectivity index (χ2v) is 11.3. The summed E-state index contributed by atoms with van der Waals surface area (Å²) in [6.45, 7) is 18.1. The number of benzene rings is 2. The summed E-state index contributed by atoms with van der Waals surface area (Å²) in [6.07, 6.45) is 6.25. The fourth-order valence-corrected chi connectivity index (χ4v) is 6.17. The van der Waals surface area contributed by atoms with Crippen molar-refractivity contribution in [2.24, 2.45) is 5.41 Å². The Balaban J connectivity index is 0.000000477. The Kier molecular flexibility index (Phi) is 12.7. The normalized spacial score (nSPS) is 13.9. The Bertz CT molecular complexity index is 1210. The third-order valence-electron chi connectivity index (χ3n) is 9.52. The van der Waals surface area contributed by atoms with Gasteiger partial charge in [-0.2, -0.15) is 33.9 Å². The van der Waals surface area contributed by atoms with Crippen LogP contribution in [0.3, 0.4) is 0 Å². The molecule has 0 aliphatic heterocycles. The van der Waals surface area contributed by atoms with E-state index < -0.39 is 0 Å². The molecule has 0 saturated carbocycles. The van der Waals surface area contributed by atoms with Crippen LogP contribution in [0.1, 0.15) is 89.6 Å². The molecule has 1 unspecified atom stereocenters. The fraction of sp³-hybridized carbons (Fsp3) is 0.405. The summed E-state index contributed by atoms with van der Waals surface area (Å²) in [5.41, 5.74) is 14.0. The monoisotopic (exact) mass is 674 g/mol. The molecule has 0 spiro atoms. The Morgan fingerprint density at radius 1 is 0.816 bits per heavy atom. The summed E-state index contributed by atoms with van der Waals surface area (Å²) in [5, 5.41) is 2.93. The molecule has 5 rings (SSSR count). The minimum Gasteiger partial charge on any atom is -0.358 e. The Morgan fingerprint density at radius 3 is 1.82 bits per heavy atom. The van der Waals surface area contributed by atoms with Gasteiger partial charge in [-0.15, -0.1) is 34.5 Å². The van der Waals surface area contributed by atoms with Crippen molar-refractivity contribution < 1.29 is 25.8 Å². The maximum atomic E-state index is 2.52. The second-order valence-electron chi connectivity index (χ2n) is 11.3. The van der Waals surface area contributed by atoms with Gasteiger partial charge in [0.2, 0.25) is 0 Å². The van der Waals surface area contributed by atoms with E-state index in [1.807, 2.05) is 0 Å². The quantitative estimate of drug-likeness (QED) is 0.146. The van der Waals surface area contributed by atoms with Crippen molar-refractivity contribution in [2.45, 2.75) is 93.4 Å². The van der Waals surface area contributed by atoms with Crippen LogP contribution in [-0.2, 0) is 45.1 Å². The van der Waals surface area contributed by atoms with Gasteiger partial charge in [0.25, 0.3) is 0 Å². The Labute approximate surface area is 253 Å². The molecular formula is C37H50Hf. The average molecular weight is 673 g/mol. The summed E-state index contributed by atoms with van der Waals surface area (Å²) in [4.78, 5) is 0. The average Bonchev–Trinajstić information content (AvgIpc) is 3.50. The SMILES string of the molecule is CCC1(CC)Cc2cc3cc[c-](CC(C)c4ccccc4)c3cc2C1.Cc1c(C)c(C)[c-](C)c1C.[CH3-].[CH3-].[Hf+4]. The van der Waals surface area contributed by atoms with Gasteiger partial charge in [-0.05, 0) is 42.6 Å². The van der Waals surface area contributed by atoms with E-state index in [1.165, 1.54) is 75.4 Å². The molecule has 1 aliphatic rings. The predicted molar refractivity (Wildman–Crippen MR) is 167 cm³/mol. The number of fused-ring (bicyclic) bond motifs is 2. The standard InChI is InChI=1S/C25H29.C10H15.2CH3.Hf/c1-4-25(5-2)16-22-14-21-12-11-20(24(21)15-23(22)17-25)13-18(3)19-9-7-6-8-10-19;1-6-7(2)9(4)10(5)8(6)3;;;/h6-12,14-15,18H,4-5,13,16-17H2,1-3H3;1-5H3;2*1H3;/q4*-1;+4. The molecule has 0 nitrogen and oxygen atoms in total. The van der Waals surface area contributed by atoms with Crippen molar-refractivity contribution in [3.63, 3.8) is 0 Å². The van der Waals surface area contributed by atoms with Crippen LogP contribution in [0.15, 0.2) is 54.6 Å². The van der Waals surface area contributed by atoms with Crippen molar-refractivity contribution in [1.29, 1.82) is 0 Å². The van der Waals surface area contributed by atoms with Crippen LogP contribution >= 0.6 is 0 Å². The minimum atomic E-state index is 0. The van der Waals surface area contributed by atoms with Crippen LogP contribution in [0.2, 0.25) is 0 Å². The van der Waals surface area contributed by atoms with E-state index in [-0.39, 0.29) is 40.7 Å². The molecule has 1 atom stereocenters. The maximum absolute atomic E-state index is 2.52. The molecule has 1 aliphatic carbocycles. The summed E-state index contributed by atoms with van der Waals surface area (Å²) in [6, 6.07) is 20.6. The summed E-state index contributed by atoms with van der Waals surface area (Å²) < 4.78 is 0. The van der Waals surface area contributed by atoms with E-state index in [0.29, 0.717) is 11.3 Å². The van der Waals surface area contributed by atoms with E-state index in [1.54, 1.807) is 11.1 Å². The van der Waals surface area contributed by atoms with E-state index in [0.717, 1.165) is 6.42 Å². The van der Waals surface area contributed by atoms with Crippen LogP contribution in [0, 0.1) is 54.9 Å². The van der Waals surface area contributed by atoms with Crippen LogP contribution in [0.5, 0.6) is 0 Å². The minimum absolute atomic E-state index is 0. The predicted octanol–water partition coefficient (Wildman–Crippen LogP) is 10.7. The largest absolute Gasteiger partial charge is 4.00 e. The number of rotatable bonds is 5. The zero-order valence-corrected chi connectivity index (χ0v) is 29.4. The Morgan fingerprint density at radius 2 is 1.34 bits per heavy atom. The van der Waals surface area contributed by atoms with Gasteiger partial charge in [0.15, 0.2) is 0 Å². The van der Waals surface area contributed by atoms with E-state index in [2.05, 4.69) is 110 Å². The van der Waals surface area contributed by atoms with Crippen molar-refractivity contribution >= 4 is 10.8 Å². The molecule has 202 valence electrons. The van der Waals surface area contributed by atoms with Crippen molar-refractivity contribution in [3.05, 3.63) is 120 Å². The van der Waals surface area contributed by atoms with Gasteiger partial charge in [-0.1, -0.05) is 103 Å². The molecule has 0 heterocycles. The summed E-state index contributed by atoms with van der Waals surface area (Å²) in [7, 11) is 0. The molecule has 0 fully saturated rings. The van der Waals surface area contributed by atoms with Gasteiger partial charge in [0.05, 0.1) is 0 Å². The van der Waals surface area contributed by atoms with Gasteiger partial charge in [0, 0.05) is 0 Å².